The van der Waals surface area contributed by atoms with Gasteiger partial charge in [0.1, 0.15) is 0 Å². The first kappa shape index (κ1) is 12.2. The second-order valence-corrected chi connectivity index (χ2v) is 20.1. The molecule has 1 saturated heterocycles. The van der Waals surface area contributed by atoms with Crippen LogP contribution in [0.4, 0.5) is 0 Å². The van der Waals surface area contributed by atoms with Crippen molar-refractivity contribution in [1.82, 2.24) is 9.34 Å². The van der Waals surface area contributed by atoms with Crippen molar-refractivity contribution in [3.63, 3.8) is 0 Å². The first-order valence-electron chi connectivity index (χ1n) is 2.80. The molecular formula is C3H6Cl6N2P-. The predicted molar refractivity (Wildman–Crippen MR) is 60.3 cm³/mol. The summed E-state index contributed by atoms with van der Waals surface area (Å²) in [5.74, 6) is 0. The Kier molecular flexibility index (Phi) is 2.29. The van der Waals surface area contributed by atoms with Gasteiger partial charge in [0.25, 0.3) is 0 Å². The molecule has 1 heterocycles. The van der Waals surface area contributed by atoms with Gasteiger partial charge < -0.3 is 0 Å². The average molecular weight is 314 g/mol. The molecule has 76 valence electrons. The van der Waals surface area contributed by atoms with Gasteiger partial charge in [-0.05, 0) is 0 Å². The fourth-order valence-corrected chi connectivity index (χ4v) is 9.04. The van der Waals surface area contributed by atoms with Gasteiger partial charge in [0.15, 0.2) is 0 Å². The summed E-state index contributed by atoms with van der Waals surface area (Å²) >= 11 is 35.2. The Morgan fingerprint density at radius 1 is 0.917 bits per heavy atom. The molecule has 0 N–H and O–H groups in total. The van der Waals surface area contributed by atoms with Gasteiger partial charge in [-0.2, -0.15) is 0 Å². The molecule has 0 saturated carbocycles. The van der Waals surface area contributed by atoms with E-state index in [9.17, 15) is 0 Å². The molecule has 1 fully saturated rings. The molecule has 0 aromatic carbocycles. The van der Waals surface area contributed by atoms with E-state index in [4.69, 9.17) is 68.2 Å². The van der Waals surface area contributed by atoms with Crippen LogP contribution in [0.2, 0.25) is 0 Å². The van der Waals surface area contributed by atoms with Gasteiger partial charge in [-0.25, -0.2) is 0 Å². The van der Waals surface area contributed by atoms with Gasteiger partial charge in [0.05, 0.1) is 0 Å². The Morgan fingerprint density at radius 3 is 1.25 bits per heavy atom. The Hall–Kier alpha value is 2.09. The van der Waals surface area contributed by atoms with Gasteiger partial charge in [0.2, 0.25) is 0 Å². The van der Waals surface area contributed by atoms with Gasteiger partial charge >= 0.3 is 99.8 Å². The molecule has 0 aliphatic carbocycles. The SMILES string of the molecule is CN1C(Cl)(Cl)N(C)[P-]1(Cl)(Cl)(Cl)Cl. The van der Waals surface area contributed by atoms with Crippen LogP contribution in [0.1, 0.15) is 0 Å². The Balaban J connectivity index is 3.22. The second-order valence-electron chi connectivity index (χ2n) is 2.63. The third-order valence-corrected chi connectivity index (χ3v) is 11.8. The molecule has 0 aromatic rings. The summed E-state index contributed by atoms with van der Waals surface area (Å²) in [5.41, 5.74) is 0. The second kappa shape index (κ2) is 2.26. The van der Waals surface area contributed by atoms with E-state index >= 15 is 0 Å². The van der Waals surface area contributed by atoms with Crippen molar-refractivity contribution in [3.8, 4) is 0 Å². The maximum atomic E-state index is 5.92. The van der Waals surface area contributed by atoms with E-state index in [0.29, 0.717) is 0 Å². The summed E-state index contributed by atoms with van der Waals surface area (Å²) in [4.78, 5) is 0. The molecule has 1 aliphatic rings. The zero-order valence-electron chi connectivity index (χ0n) is 6.11. The molecule has 0 aromatic heterocycles. The van der Waals surface area contributed by atoms with E-state index in [1.54, 1.807) is 0 Å². The Bertz CT molecular complexity index is 224. The third kappa shape index (κ3) is 1.28. The molecule has 0 bridgehead atoms. The van der Waals surface area contributed by atoms with Crippen molar-refractivity contribution in [2.45, 2.75) is 4.58 Å². The molecule has 12 heavy (non-hydrogen) atoms. The minimum atomic E-state index is -4.62. The number of hydrogen-bond acceptors (Lipinski definition) is 2. The molecular weight excluding hydrogens is 308 g/mol. The summed E-state index contributed by atoms with van der Waals surface area (Å²) in [6, 6.07) is 0. The van der Waals surface area contributed by atoms with Crippen LogP contribution in [0.3, 0.4) is 0 Å². The van der Waals surface area contributed by atoms with Crippen molar-refractivity contribution in [2.24, 2.45) is 0 Å². The fraction of sp³-hybridized carbons (Fsp3) is 1.00. The number of hydrogen-bond donors (Lipinski definition) is 0. The van der Waals surface area contributed by atoms with E-state index in [2.05, 4.69) is 0 Å². The van der Waals surface area contributed by atoms with Crippen molar-refractivity contribution < 1.29 is 0 Å². The Labute approximate surface area is 99.3 Å². The molecule has 0 amide bonds. The monoisotopic (exact) mass is 311 g/mol. The van der Waals surface area contributed by atoms with Crippen LogP contribution in [0, 0.1) is 0 Å². The van der Waals surface area contributed by atoms with Crippen molar-refractivity contribution in [1.29, 1.82) is 0 Å². The summed E-state index contributed by atoms with van der Waals surface area (Å²) in [7, 11) is 2.91. The number of rotatable bonds is 0. The zero-order chi connectivity index (χ0) is 10.1. The normalized spacial score (nSPS) is 43.0. The summed E-state index contributed by atoms with van der Waals surface area (Å²) < 4.78 is -3.69. The van der Waals surface area contributed by atoms with E-state index in [1.165, 1.54) is 14.1 Å². The van der Waals surface area contributed by atoms with Crippen LogP contribution >= 0.6 is 71.8 Å². The Morgan fingerprint density at radius 2 is 1.17 bits per heavy atom. The molecule has 0 radical (unpaired) electrons. The van der Waals surface area contributed by atoms with Crippen molar-refractivity contribution in [2.75, 3.05) is 14.1 Å². The van der Waals surface area contributed by atoms with E-state index in [-0.39, 0.29) is 0 Å². The zero-order valence-corrected chi connectivity index (χ0v) is 11.5. The fourth-order valence-electron chi connectivity index (χ4n) is 0.844. The third-order valence-electron chi connectivity index (χ3n) is 1.95. The topological polar surface area (TPSA) is 6.48 Å². The quantitative estimate of drug-likeness (QED) is 0.369. The van der Waals surface area contributed by atoms with Crippen molar-refractivity contribution in [3.05, 3.63) is 0 Å². The molecule has 0 spiro atoms. The predicted octanol–water partition coefficient (Wildman–Crippen LogP) is 4.49. The first-order valence-corrected chi connectivity index (χ1v) is 9.76. The molecule has 1 aliphatic heterocycles. The van der Waals surface area contributed by atoms with Crippen LogP contribution < -0.4 is 0 Å². The van der Waals surface area contributed by atoms with Crippen LogP contribution in [0.25, 0.3) is 0 Å². The van der Waals surface area contributed by atoms with Crippen LogP contribution in [-0.2, 0) is 0 Å². The average Bonchev–Trinajstić information content (AvgIpc) is 1.82. The molecule has 0 atom stereocenters. The molecule has 0 unspecified atom stereocenters. The van der Waals surface area contributed by atoms with Crippen LogP contribution in [-0.4, -0.2) is 28.0 Å². The first-order chi connectivity index (χ1) is 4.84. The van der Waals surface area contributed by atoms with E-state index < -0.39 is 8.24 Å². The van der Waals surface area contributed by atoms with Gasteiger partial charge in [0, 0.05) is 0 Å². The minimum absolute atomic E-state index is 1.15. The van der Waals surface area contributed by atoms with Crippen LogP contribution in [0.15, 0.2) is 0 Å². The summed E-state index contributed by atoms with van der Waals surface area (Å²) in [6.45, 7) is 0. The van der Waals surface area contributed by atoms with E-state index in [1.807, 2.05) is 0 Å². The van der Waals surface area contributed by atoms with Gasteiger partial charge in [-0.3, -0.25) is 0 Å². The van der Waals surface area contributed by atoms with Crippen LogP contribution in [0.5, 0.6) is 0 Å². The van der Waals surface area contributed by atoms with E-state index in [0.717, 1.165) is 9.34 Å². The molecule has 2 nitrogen and oxygen atoms in total. The molecule has 1 rings (SSSR count). The number of alkyl halides is 2. The number of halogens is 6. The number of nitrogens with zero attached hydrogens (tertiary/aromatic N) is 2. The standard InChI is InChI=1S/C3H6Cl6N2P/c1-10-3(4,5)11(2)12(10,6,7,8)9/h1-2H3/q-1. The summed E-state index contributed by atoms with van der Waals surface area (Å²) in [5, 5.41) is 0. The maximum absolute atomic E-state index is 5.92. The van der Waals surface area contributed by atoms with Crippen molar-refractivity contribution >= 4 is 71.8 Å². The van der Waals surface area contributed by atoms with Gasteiger partial charge in [-0.1, -0.05) is 0 Å². The molecule has 9 heteroatoms. The summed E-state index contributed by atoms with van der Waals surface area (Å²) in [6.07, 6.45) is 0. The van der Waals surface area contributed by atoms with Gasteiger partial charge in [-0.15, -0.1) is 0 Å².